The van der Waals surface area contributed by atoms with Crippen LogP contribution in [-0.4, -0.2) is 10.9 Å². The molecule has 0 amide bonds. The van der Waals surface area contributed by atoms with Gasteiger partial charge in [0.2, 0.25) is 0 Å². The van der Waals surface area contributed by atoms with Crippen molar-refractivity contribution >= 4 is 46.1 Å². The number of carbonyl (C=O) groups is 1. The van der Waals surface area contributed by atoms with Gasteiger partial charge in [0.1, 0.15) is 0 Å². The maximum Gasteiger partial charge on any atom is 0.175 e. The molecule has 5 heteroatoms. The maximum absolute atomic E-state index is 11.2. The van der Waals surface area contributed by atoms with E-state index in [4.69, 9.17) is 23.8 Å². The van der Waals surface area contributed by atoms with Crippen LogP contribution in [0.5, 0.6) is 0 Å². The van der Waals surface area contributed by atoms with Crippen LogP contribution in [0.4, 0.5) is 11.4 Å². The fraction of sp³-hybridized carbons (Fsp3) is 0.0667. The SMILES string of the molecule is CC(=O)c1ccc(NC(=S)Nc2ccc(Cl)cc2)cc1. The summed E-state index contributed by atoms with van der Waals surface area (Å²) in [6.07, 6.45) is 0. The smallest absolute Gasteiger partial charge is 0.175 e. The number of anilines is 2. The summed E-state index contributed by atoms with van der Waals surface area (Å²) in [5.41, 5.74) is 2.35. The first-order chi connectivity index (χ1) is 9.54. The minimum absolute atomic E-state index is 0.0402. The van der Waals surface area contributed by atoms with Crippen LogP contribution in [0, 0.1) is 0 Å². The summed E-state index contributed by atoms with van der Waals surface area (Å²) in [6.45, 7) is 1.54. The fourth-order valence-electron chi connectivity index (χ4n) is 1.61. The topological polar surface area (TPSA) is 41.1 Å². The quantitative estimate of drug-likeness (QED) is 0.653. The van der Waals surface area contributed by atoms with Crippen LogP contribution in [0.25, 0.3) is 0 Å². The molecule has 0 radical (unpaired) electrons. The zero-order valence-corrected chi connectivity index (χ0v) is 12.4. The Labute approximate surface area is 128 Å². The lowest BCUT2D eigenvalue weighted by atomic mass is 10.1. The second-order valence-electron chi connectivity index (χ2n) is 4.22. The molecule has 0 aromatic heterocycles. The molecule has 0 saturated carbocycles. The second kappa shape index (κ2) is 6.50. The zero-order valence-electron chi connectivity index (χ0n) is 10.8. The van der Waals surface area contributed by atoms with Gasteiger partial charge < -0.3 is 10.6 Å². The van der Waals surface area contributed by atoms with Gasteiger partial charge in [-0.2, -0.15) is 0 Å². The number of hydrogen-bond acceptors (Lipinski definition) is 2. The molecule has 2 N–H and O–H groups in total. The highest BCUT2D eigenvalue weighted by molar-refractivity contribution is 7.80. The zero-order chi connectivity index (χ0) is 14.5. The predicted octanol–water partition coefficient (Wildman–Crippen LogP) is 4.35. The number of carbonyl (C=O) groups excluding carboxylic acids is 1. The van der Waals surface area contributed by atoms with E-state index in [1.807, 2.05) is 24.3 Å². The van der Waals surface area contributed by atoms with Gasteiger partial charge in [-0.25, -0.2) is 0 Å². The van der Waals surface area contributed by atoms with Gasteiger partial charge in [0, 0.05) is 22.0 Å². The standard InChI is InChI=1S/C15H13ClN2OS/c1-10(19)11-2-6-13(7-3-11)17-15(20)18-14-8-4-12(16)5-9-14/h2-9H,1H3,(H2,17,18,20). The molecule has 0 saturated heterocycles. The minimum Gasteiger partial charge on any atom is -0.332 e. The van der Waals surface area contributed by atoms with Gasteiger partial charge in [-0.3, -0.25) is 4.79 Å². The van der Waals surface area contributed by atoms with Crippen molar-refractivity contribution in [1.82, 2.24) is 0 Å². The average molecular weight is 305 g/mol. The van der Waals surface area contributed by atoms with E-state index in [1.165, 1.54) is 6.92 Å². The molecule has 0 spiro atoms. The highest BCUT2D eigenvalue weighted by Crippen LogP contribution is 2.14. The molecule has 20 heavy (non-hydrogen) atoms. The van der Waals surface area contributed by atoms with Gasteiger partial charge in [-0.15, -0.1) is 0 Å². The fourth-order valence-corrected chi connectivity index (χ4v) is 1.98. The summed E-state index contributed by atoms with van der Waals surface area (Å²) in [5, 5.41) is 7.25. The summed E-state index contributed by atoms with van der Waals surface area (Å²) in [4.78, 5) is 11.2. The van der Waals surface area contributed by atoms with Gasteiger partial charge in [0.15, 0.2) is 10.9 Å². The van der Waals surface area contributed by atoms with Crippen LogP contribution < -0.4 is 10.6 Å². The molecular weight excluding hydrogens is 292 g/mol. The van der Waals surface area contributed by atoms with E-state index in [1.54, 1.807) is 24.3 Å². The van der Waals surface area contributed by atoms with E-state index in [2.05, 4.69) is 10.6 Å². The van der Waals surface area contributed by atoms with Crippen molar-refractivity contribution in [3.63, 3.8) is 0 Å². The molecule has 2 aromatic carbocycles. The molecule has 0 fully saturated rings. The number of benzene rings is 2. The van der Waals surface area contributed by atoms with Crippen molar-refractivity contribution < 1.29 is 4.79 Å². The second-order valence-corrected chi connectivity index (χ2v) is 5.06. The molecule has 0 aliphatic rings. The van der Waals surface area contributed by atoms with Crippen LogP contribution in [0.3, 0.4) is 0 Å². The number of Topliss-reactive ketones (excluding diaryl/α,β-unsaturated/α-hetero) is 1. The normalized spacial score (nSPS) is 9.90. The minimum atomic E-state index is 0.0402. The predicted molar refractivity (Wildman–Crippen MR) is 87.7 cm³/mol. The number of halogens is 1. The van der Waals surface area contributed by atoms with Gasteiger partial charge >= 0.3 is 0 Å². The summed E-state index contributed by atoms with van der Waals surface area (Å²) < 4.78 is 0. The maximum atomic E-state index is 11.2. The van der Waals surface area contributed by atoms with Crippen molar-refractivity contribution in [2.75, 3.05) is 10.6 Å². The number of hydrogen-bond donors (Lipinski definition) is 2. The Kier molecular flexibility index (Phi) is 4.71. The molecule has 2 aromatic rings. The van der Waals surface area contributed by atoms with Crippen molar-refractivity contribution in [1.29, 1.82) is 0 Å². The Balaban J connectivity index is 1.97. The van der Waals surface area contributed by atoms with Crippen LogP contribution in [0.1, 0.15) is 17.3 Å². The highest BCUT2D eigenvalue weighted by atomic mass is 35.5. The van der Waals surface area contributed by atoms with Crippen LogP contribution in [0.2, 0.25) is 5.02 Å². The van der Waals surface area contributed by atoms with Crippen LogP contribution in [-0.2, 0) is 0 Å². The third kappa shape index (κ3) is 4.05. The van der Waals surface area contributed by atoms with E-state index in [9.17, 15) is 4.79 Å². The number of nitrogens with one attached hydrogen (secondary N) is 2. The Morgan fingerprint density at radius 3 is 1.85 bits per heavy atom. The molecule has 0 aliphatic heterocycles. The van der Waals surface area contributed by atoms with Crippen molar-refractivity contribution in [2.24, 2.45) is 0 Å². The van der Waals surface area contributed by atoms with E-state index in [0.717, 1.165) is 11.4 Å². The van der Waals surface area contributed by atoms with Crippen LogP contribution >= 0.6 is 23.8 Å². The van der Waals surface area contributed by atoms with Gasteiger partial charge in [-0.1, -0.05) is 11.6 Å². The van der Waals surface area contributed by atoms with Crippen molar-refractivity contribution in [3.05, 3.63) is 59.1 Å². The highest BCUT2D eigenvalue weighted by Gasteiger charge is 2.01. The lowest BCUT2D eigenvalue weighted by molar-refractivity contribution is 0.101. The molecule has 2 rings (SSSR count). The summed E-state index contributed by atoms with van der Waals surface area (Å²) >= 11 is 11.0. The van der Waals surface area contributed by atoms with Gasteiger partial charge in [0.25, 0.3) is 0 Å². The third-order valence-electron chi connectivity index (χ3n) is 2.65. The lowest BCUT2D eigenvalue weighted by Crippen LogP contribution is -2.18. The summed E-state index contributed by atoms with van der Waals surface area (Å²) in [5.74, 6) is 0.0402. The molecule has 3 nitrogen and oxygen atoms in total. The Morgan fingerprint density at radius 2 is 1.40 bits per heavy atom. The Bertz CT molecular complexity index is 623. The molecule has 0 aliphatic carbocycles. The van der Waals surface area contributed by atoms with E-state index in [0.29, 0.717) is 15.7 Å². The molecule has 0 unspecified atom stereocenters. The first-order valence-electron chi connectivity index (χ1n) is 5.99. The number of ketones is 1. The Morgan fingerprint density at radius 1 is 0.950 bits per heavy atom. The Hall–Kier alpha value is -1.91. The van der Waals surface area contributed by atoms with Crippen molar-refractivity contribution in [3.8, 4) is 0 Å². The van der Waals surface area contributed by atoms with Gasteiger partial charge in [0.05, 0.1) is 0 Å². The molecule has 0 heterocycles. The molecule has 0 atom stereocenters. The van der Waals surface area contributed by atoms with E-state index >= 15 is 0 Å². The van der Waals surface area contributed by atoms with E-state index in [-0.39, 0.29) is 5.78 Å². The summed E-state index contributed by atoms with van der Waals surface area (Å²) in [6, 6.07) is 14.4. The van der Waals surface area contributed by atoms with Gasteiger partial charge in [-0.05, 0) is 67.7 Å². The third-order valence-corrected chi connectivity index (χ3v) is 3.11. The van der Waals surface area contributed by atoms with E-state index < -0.39 is 0 Å². The monoisotopic (exact) mass is 304 g/mol. The molecule has 102 valence electrons. The van der Waals surface area contributed by atoms with Crippen molar-refractivity contribution in [2.45, 2.75) is 6.92 Å². The average Bonchev–Trinajstić information content (AvgIpc) is 2.42. The largest absolute Gasteiger partial charge is 0.332 e. The number of rotatable bonds is 3. The number of thiocarbonyl (C=S) groups is 1. The summed E-state index contributed by atoms with van der Waals surface area (Å²) in [7, 11) is 0. The molecular formula is C15H13ClN2OS. The molecule has 0 bridgehead atoms. The first-order valence-corrected chi connectivity index (χ1v) is 6.78. The first kappa shape index (κ1) is 14.5. The van der Waals surface area contributed by atoms with Crippen LogP contribution in [0.15, 0.2) is 48.5 Å². The lowest BCUT2D eigenvalue weighted by Gasteiger charge is -2.10.